The van der Waals surface area contributed by atoms with E-state index in [4.69, 9.17) is 10.5 Å². The second kappa shape index (κ2) is 12.3. The van der Waals surface area contributed by atoms with Gasteiger partial charge in [-0.3, -0.25) is 23.9 Å². The van der Waals surface area contributed by atoms with Crippen molar-refractivity contribution >= 4 is 34.3 Å². The van der Waals surface area contributed by atoms with Crippen molar-refractivity contribution in [2.75, 3.05) is 38.2 Å². The number of ether oxygens (including phenoxy) is 1. The minimum atomic E-state index is -0.526. The van der Waals surface area contributed by atoms with Crippen molar-refractivity contribution in [3.05, 3.63) is 53.5 Å². The molecule has 0 spiro atoms. The summed E-state index contributed by atoms with van der Waals surface area (Å²) in [5.41, 5.74) is 9.74. The molecule has 234 valence electrons. The SMILES string of the molecule is CC1(C)CC(=O)n2c(c(-c3ccc(C(N)=O)c(NC4CCC(NC(=O)CCN5CCOCC5)CC4)c3)c3ccc(F)cc32)C1. The van der Waals surface area contributed by atoms with Crippen LogP contribution in [0.1, 0.15) is 73.2 Å². The van der Waals surface area contributed by atoms with Crippen molar-refractivity contribution in [1.29, 1.82) is 0 Å². The number of rotatable bonds is 8. The number of carbonyl (C=O) groups excluding carboxylic acids is 3. The van der Waals surface area contributed by atoms with Gasteiger partial charge in [0, 0.05) is 66.9 Å². The number of amides is 2. The van der Waals surface area contributed by atoms with Crippen molar-refractivity contribution in [3.63, 3.8) is 0 Å². The highest BCUT2D eigenvalue weighted by atomic mass is 19.1. The van der Waals surface area contributed by atoms with Gasteiger partial charge in [0.15, 0.2) is 0 Å². The van der Waals surface area contributed by atoms with Crippen LogP contribution in [0.3, 0.4) is 0 Å². The molecular formula is C34H42FN5O4. The number of nitrogens with one attached hydrogen (secondary N) is 2. The second-order valence-electron chi connectivity index (χ2n) is 13.3. The number of fused-ring (bicyclic) bond motifs is 3. The lowest BCUT2D eigenvalue weighted by molar-refractivity contribution is -0.122. The molecule has 1 saturated heterocycles. The third-order valence-electron chi connectivity index (χ3n) is 9.34. The first kappa shape index (κ1) is 30.3. The number of halogens is 1. The molecule has 0 bridgehead atoms. The summed E-state index contributed by atoms with van der Waals surface area (Å²) in [6.45, 7) is 8.08. The lowest BCUT2D eigenvalue weighted by Gasteiger charge is -2.31. The van der Waals surface area contributed by atoms with E-state index in [0.29, 0.717) is 36.0 Å². The molecule has 4 N–H and O–H groups in total. The Bertz CT molecular complexity index is 1580. The van der Waals surface area contributed by atoms with Crippen molar-refractivity contribution in [1.82, 2.24) is 14.8 Å². The zero-order chi connectivity index (χ0) is 31.0. The highest BCUT2D eigenvalue weighted by Gasteiger charge is 2.35. The van der Waals surface area contributed by atoms with Crippen molar-refractivity contribution in [2.24, 2.45) is 11.1 Å². The number of hydrogen-bond acceptors (Lipinski definition) is 6. The maximum absolute atomic E-state index is 14.4. The van der Waals surface area contributed by atoms with Crippen LogP contribution in [0, 0.1) is 11.2 Å². The van der Waals surface area contributed by atoms with E-state index >= 15 is 0 Å². The second-order valence-corrected chi connectivity index (χ2v) is 13.3. The highest BCUT2D eigenvalue weighted by molar-refractivity contribution is 6.06. The Morgan fingerprint density at radius 2 is 1.75 bits per heavy atom. The topological polar surface area (TPSA) is 119 Å². The van der Waals surface area contributed by atoms with E-state index in [0.717, 1.165) is 80.7 Å². The molecule has 2 aromatic carbocycles. The van der Waals surface area contributed by atoms with Gasteiger partial charge < -0.3 is 21.1 Å². The summed E-state index contributed by atoms with van der Waals surface area (Å²) in [4.78, 5) is 40.6. The summed E-state index contributed by atoms with van der Waals surface area (Å²) in [5, 5.41) is 7.58. The van der Waals surface area contributed by atoms with Gasteiger partial charge in [-0.05, 0) is 73.4 Å². The van der Waals surface area contributed by atoms with Gasteiger partial charge >= 0.3 is 0 Å². The number of anilines is 1. The summed E-state index contributed by atoms with van der Waals surface area (Å²) in [5.74, 6) is -0.879. The van der Waals surface area contributed by atoms with Crippen LogP contribution in [0.4, 0.5) is 10.1 Å². The molecule has 3 aromatic rings. The summed E-state index contributed by atoms with van der Waals surface area (Å²) < 4.78 is 21.4. The molecule has 0 unspecified atom stereocenters. The molecule has 9 nitrogen and oxygen atoms in total. The fourth-order valence-corrected chi connectivity index (χ4v) is 7.11. The van der Waals surface area contributed by atoms with Crippen LogP contribution in [0.25, 0.3) is 22.0 Å². The van der Waals surface area contributed by atoms with Gasteiger partial charge in [-0.15, -0.1) is 0 Å². The fraction of sp³-hybridized carbons (Fsp3) is 0.500. The predicted molar refractivity (Wildman–Crippen MR) is 168 cm³/mol. The number of primary amides is 1. The van der Waals surface area contributed by atoms with Crippen LogP contribution in [0.15, 0.2) is 36.4 Å². The van der Waals surface area contributed by atoms with Gasteiger partial charge in [0.05, 0.1) is 24.3 Å². The smallest absolute Gasteiger partial charge is 0.250 e. The number of nitrogens with two attached hydrogens (primary N) is 1. The number of carbonyl (C=O) groups is 3. The van der Waals surface area contributed by atoms with E-state index < -0.39 is 11.7 Å². The summed E-state index contributed by atoms with van der Waals surface area (Å²) >= 11 is 0. The number of aromatic nitrogens is 1. The minimum absolute atomic E-state index is 0.0462. The first-order valence-corrected chi connectivity index (χ1v) is 15.7. The van der Waals surface area contributed by atoms with Crippen molar-refractivity contribution in [3.8, 4) is 11.1 Å². The third kappa shape index (κ3) is 6.37. The van der Waals surface area contributed by atoms with Gasteiger partial charge in [0.1, 0.15) is 5.82 Å². The first-order chi connectivity index (χ1) is 21.1. The molecule has 10 heteroatoms. The van der Waals surface area contributed by atoms with Crippen molar-refractivity contribution in [2.45, 2.75) is 70.9 Å². The summed E-state index contributed by atoms with van der Waals surface area (Å²) in [7, 11) is 0. The first-order valence-electron chi connectivity index (χ1n) is 15.7. The third-order valence-corrected chi connectivity index (χ3v) is 9.34. The molecule has 2 amide bonds. The largest absolute Gasteiger partial charge is 0.382 e. The zero-order valence-electron chi connectivity index (χ0n) is 25.6. The molecule has 6 rings (SSSR count). The number of morpholine rings is 1. The van der Waals surface area contributed by atoms with Crippen LogP contribution in [-0.2, 0) is 16.0 Å². The molecule has 1 aliphatic carbocycles. The average Bonchev–Trinajstić information content (AvgIpc) is 3.29. The van der Waals surface area contributed by atoms with E-state index in [9.17, 15) is 18.8 Å². The average molecular weight is 604 g/mol. The molecule has 2 fully saturated rings. The van der Waals surface area contributed by atoms with Gasteiger partial charge in [-0.25, -0.2) is 4.39 Å². The van der Waals surface area contributed by atoms with E-state index in [1.807, 2.05) is 12.1 Å². The van der Waals surface area contributed by atoms with Gasteiger partial charge in [0.2, 0.25) is 11.8 Å². The van der Waals surface area contributed by atoms with Gasteiger partial charge in [-0.1, -0.05) is 19.9 Å². The maximum atomic E-state index is 14.4. The van der Waals surface area contributed by atoms with Crippen LogP contribution in [-0.4, -0.2) is 72.1 Å². The Balaban J connectivity index is 1.19. The zero-order valence-corrected chi connectivity index (χ0v) is 25.6. The molecular weight excluding hydrogens is 561 g/mol. The Hall–Kier alpha value is -3.76. The summed E-state index contributed by atoms with van der Waals surface area (Å²) in [6.07, 6.45) is 4.88. The Labute approximate surface area is 257 Å². The fourth-order valence-electron chi connectivity index (χ4n) is 7.11. The molecule has 1 saturated carbocycles. The highest BCUT2D eigenvalue weighted by Crippen LogP contribution is 2.43. The molecule has 0 atom stereocenters. The van der Waals surface area contributed by atoms with Gasteiger partial charge in [0.25, 0.3) is 5.91 Å². The van der Waals surface area contributed by atoms with Crippen LogP contribution in [0.2, 0.25) is 0 Å². The standard InChI is InChI=1S/C34H42FN5O4/c1-34(2)19-29-32(26-10-4-22(35)18-28(26)40(29)31(42)20-34)21-3-9-25(33(36)43)27(17-21)37-23-5-7-24(8-6-23)38-30(41)11-12-39-13-15-44-16-14-39/h3-4,9-10,17-18,23-24,37H,5-8,11-16,19-20H2,1-2H3,(H2,36,43)(H,38,41). The Morgan fingerprint density at radius 3 is 2.48 bits per heavy atom. The monoisotopic (exact) mass is 603 g/mol. The Morgan fingerprint density at radius 1 is 1.02 bits per heavy atom. The van der Waals surface area contributed by atoms with Crippen LogP contribution in [0.5, 0.6) is 0 Å². The quantitative estimate of drug-likeness (QED) is 0.343. The lowest BCUT2D eigenvalue weighted by Crippen LogP contribution is -2.42. The molecule has 2 aliphatic heterocycles. The molecule has 44 heavy (non-hydrogen) atoms. The number of benzene rings is 2. The van der Waals surface area contributed by atoms with Crippen molar-refractivity contribution < 1.29 is 23.5 Å². The van der Waals surface area contributed by atoms with E-state index in [1.165, 1.54) is 12.1 Å². The van der Waals surface area contributed by atoms with E-state index in [2.05, 4.69) is 29.4 Å². The molecule has 3 aliphatic rings. The minimum Gasteiger partial charge on any atom is -0.382 e. The summed E-state index contributed by atoms with van der Waals surface area (Å²) in [6, 6.07) is 10.4. The van der Waals surface area contributed by atoms with Gasteiger partial charge in [-0.2, -0.15) is 0 Å². The normalized spacial score (nSPS) is 22.0. The van der Waals surface area contributed by atoms with Crippen LogP contribution >= 0.6 is 0 Å². The number of nitrogens with zero attached hydrogens (tertiary/aromatic N) is 2. The maximum Gasteiger partial charge on any atom is 0.250 e. The lowest BCUT2D eigenvalue weighted by atomic mass is 9.80. The molecule has 0 radical (unpaired) electrons. The molecule has 3 heterocycles. The van der Waals surface area contributed by atoms with E-state index in [1.54, 1.807) is 16.7 Å². The Kier molecular flexibility index (Phi) is 8.48. The number of hydrogen-bond donors (Lipinski definition) is 3. The molecule has 1 aromatic heterocycles. The predicted octanol–water partition coefficient (Wildman–Crippen LogP) is 4.72. The van der Waals surface area contributed by atoms with E-state index in [-0.39, 0.29) is 29.3 Å². The van der Waals surface area contributed by atoms with Crippen LogP contribution < -0.4 is 16.4 Å².